The van der Waals surface area contributed by atoms with Gasteiger partial charge >= 0.3 is 0 Å². The molecule has 0 bridgehead atoms. The Hall–Kier alpha value is -2.62. The van der Waals surface area contributed by atoms with Gasteiger partial charge in [-0.15, -0.1) is 0 Å². The van der Waals surface area contributed by atoms with Crippen LogP contribution < -0.4 is 5.32 Å². The largest absolute Gasteiger partial charge is 0.354 e. The van der Waals surface area contributed by atoms with Gasteiger partial charge in [-0.05, 0) is 30.9 Å². The summed E-state index contributed by atoms with van der Waals surface area (Å²) in [6.45, 7) is 7.22. The fourth-order valence-electron chi connectivity index (χ4n) is 3.31. The lowest BCUT2D eigenvalue weighted by Crippen LogP contribution is -2.50. The van der Waals surface area contributed by atoms with E-state index in [0.29, 0.717) is 25.9 Å². The third kappa shape index (κ3) is 7.37. The minimum Gasteiger partial charge on any atom is -0.354 e. The molecule has 2 amide bonds. The number of hydrogen-bond acceptors (Lipinski definition) is 2. The van der Waals surface area contributed by atoms with Gasteiger partial charge in [0.25, 0.3) is 0 Å². The molecule has 0 aromatic heterocycles. The van der Waals surface area contributed by atoms with Gasteiger partial charge in [0.15, 0.2) is 0 Å². The molecule has 2 aromatic carbocycles. The first-order valence-corrected chi connectivity index (χ1v) is 10.7. The van der Waals surface area contributed by atoms with Crippen LogP contribution in [0.1, 0.15) is 56.2 Å². The van der Waals surface area contributed by atoms with Crippen LogP contribution in [0.15, 0.2) is 54.6 Å². The molecule has 1 N–H and O–H groups in total. The van der Waals surface area contributed by atoms with Gasteiger partial charge in [0.1, 0.15) is 6.04 Å². The molecule has 2 rings (SSSR count). The molecule has 29 heavy (non-hydrogen) atoms. The van der Waals surface area contributed by atoms with E-state index in [2.05, 4.69) is 12.2 Å². The summed E-state index contributed by atoms with van der Waals surface area (Å²) in [5, 5.41) is 3.04. The molecule has 0 fully saturated rings. The lowest BCUT2D eigenvalue weighted by Gasteiger charge is -2.31. The Morgan fingerprint density at radius 2 is 1.62 bits per heavy atom. The minimum atomic E-state index is -0.519. The first kappa shape index (κ1) is 22.7. The summed E-state index contributed by atoms with van der Waals surface area (Å²) in [4.78, 5) is 27.9. The molecule has 0 spiro atoms. The van der Waals surface area contributed by atoms with Crippen LogP contribution in [0.25, 0.3) is 0 Å². The van der Waals surface area contributed by atoms with Crippen molar-refractivity contribution >= 4 is 11.8 Å². The monoisotopic (exact) mass is 394 g/mol. The quantitative estimate of drug-likeness (QED) is 0.564. The maximum atomic E-state index is 13.1. The SMILES string of the molecule is CCCCNC(=O)[C@H](Cc1ccccc1)N(Cc1ccc(C)cc1)C(=O)CCC. The van der Waals surface area contributed by atoms with Crippen LogP contribution >= 0.6 is 0 Å². The normalized spacial score (nSPS) is 11.7. The number of benzene rings is 2. The maximum absolute atomic E-state index is 13.1. The van der Waals surface area contributed by atoms with Gasteiger partial charge in [0.2, 0.25) is 11.8 Å². The van der Waals surface area contributed by atoms with E-state index in [9.17, 15) is 9.59 Å². The molecular weight excluding hydrogens is 360 g/mol. The molecule has 0 radical (unpaired) electrons. The first-order chi connectivity index (χ1) is 14.0. The topological polar surface area (TPSA) is 49.4 Å². The number of hydrogen-bond donors (Lipinski definition) is 1. The predicted octanol–water partition coefficient (Wildman–Crippen LogP) is 4.65. The summed E-state index contributed by atoms with van der Waals surface area (Å²) in [5.41, 5.74) is 3.28. The van der Waals surface area contributed by atoms with Crippen molar-refractivity contribution in [1.29, 1.82) is 0 Å². The van der Waals surface area contributed by atoms with Gasteiger partial charge in [-0.3, -0.25) is 9.59 Å². The van der Waals surface area contributed by atoms with Crippen LogP contribution in [0.5, 0.6) is 0 Å². The van der Waals surface area contributed by atoms with Gasteiger partial charge in [-0.2, -0.15) is 0 Å². The smallest absolute Gasteiger partial charge is 0.243 e. The zero-order valence-corrected chi connectivity index (χ0v) is 18.0. The average Bonchev–Trinajstić information content (AvgIpc) is 2.73. The van der Waals surface area contributed by atoms with Crippen molar-refractivity contribution in [3.8, 4) is 0 Å². The first-order valence-electron chi connectivity index (χ1n) is 10.7. The molecule has 2 aromatic rings. The Morgan fingerprint density at radius 1 is 0.931 bits per heavy atom. The molecular formula is C25H34N2O2. The maximum Gasteiger partial charge on any atom is 0.243 e. The van der Waals surface area contributed by atoms with E-state index in [4.69, 9.17) is 0 Å². The summed E-state index contributed by atoms with van der Waals surface area (Å²) in [7, 11) is 0. The van der Waals surface area contributed by atoms with Crippen LogP contribution in [0.4, 0.5) is 0 Å². The van der Waals surface area contributed by atoms with Gasteiger partial charge in [-0.25, -0.2) is 0 Å². The molecule has 1 atom stereocenters. The highest BCUT2D eigenvalue weighted by molar-refractivity contribution is 5.88. The number of amides is 2. The molecule has 0 aliphatic heterocycles. The Labute approximate surface area is 175 Å². The molecule has 156 valence electrons. The number of rotatable bonds is 11. The van der Waals surface area contributed by atoms with Gasteiger partial charge < -0.3 is 10.2 Å². The lowest BCUT2D eigenvalue weighted by atomic mass is 10.0. The molecule has 0 aliphatic rings. The highest BCUT2D eigenvalue weighted by Crippen LogP contribution is 2.17. The van der Waals surface area contributed by atoms with Crippen LogP contribution in [0.3, 0.4) is 0 Å². The molecule has 0 saturated heterocycles. The standard InChI is InChI=1S/C25H34N2O2/c1-4-6-17-26-25(29)23(18-21-11-8-7-9-12-21)27(24(28)10-5-2)19-22-15-13-20(3)14-16-22/h7-9,11-16,23H,4-6,10,17-19H2,1-3H3,(H,26,29)/t23-/m0/s1. The van der Waals surface area contributed by atoms with Crippen LogP contribution in [0, 0.1) is 6.92 Å². The van der Waals surface area contributed by atoms with Crippen molar-refractivity contribution in [3.05, 3.63) is 71.3 Å². The average molecular weight is 395 g/mol. The molecule has 0 heterocycles. The Morgan fingerprint density at radius 3 is 2.24 bits per heavy atom. The van der Waals surface area contributed by atoms with E-state index in [1.807, 2.05) is 68.4 Å². The number of aryl methyl sites for hydroxylation is 1. The second-order valence-corrected chi connectivity index (χ2v) is 7.61. The summed E-state index contributed by atoms with van der Waals surface area (Å²) < 4.78 is 0. The minimum absolute atomic E-state index is 0.0275. The van der Waals surface area contributed by atoms with Gasteiger partial charge in [-0.1, -0.05) is 80.4 Å². The third-order valence-corrected chi connectivity index (χ3v) is 5.04. The van der Waals surface area contributed by atoms with Gasteiger partial charge in [0, 0.05) is 25.9 Å². The van der Waals surface area contributed by atoms with Crippen LogP contribution in [-0.2, 0) is 22.6 Å². The second-order valence-electron chi connectivity index (χ2n) is 7.61. The van der Waals surface area contributed by atoms with Crippen molar-refractivity contribution in [1.82, 2.24) is 10.2 Å². The fraction of sp³-hybridized carbons (Fsp3) is 0.440. The number of carbonyl (C=O) groups excluding carboxylic acids is 2. The predicted molar refractivity (Wildman–Crippen MR) is 118 cm³/mol. The highest BCUT2D eigenvalue weighted by atomic mass is 16.2. The molecule has 0 saturated carbocycles. The van der Waals surface area contributed by atoms with E-state index in [1.165, 1.54) is 5.56 Å². The van der Waals surface area contributed by atoms with E-state index in [1.54, 1.807) is 4.90 Å². The van der Waals surface area contributed by atoms with E-state index >= 15 is 0 Å². The fourth-order valence-corrected chi connectivity index (χ4v) is 3.31. The van der Waals surface area contributed by atoms with Crippen molar-refractivity contribution < 1.29 is 9.59 Å². The molecule has 0 aliphatic carbocycles. The van der Waals surface area contributed by atoms with Crippen molar-refractivity contribution in [2.24, 2.45) is 0 Å². The summed E-state index contributed by atoms with van der Waals surface area (Å²) in [5.74, 6) is -0.0430. The third-order valence-electron chi connectivity index (χ3n) is 5.04. The van der Waals surface area contributed by atoms with Crippen molar-refractivity contribution in [2.75, 3.05) is 6.54 Å². The van der Waals surface area contributed by atoms with E-state index < -0.39 is 6.04 Å². The number of nitrogens with one attached hydrogen (secondary N) is 1. The molecule has 0 unspecified atom stereocenters. The number of carbonyl (C=O) groups is 2. The lowest BCUT2D eigenvalue weighted by molar-refractivity contribution is -0.141. The Kier molecular flexibility index (Phi) is 9.42. The zero-order valence-electron chi connectivity index (χ0n) is 18.0. The Bertz CT molecular complexity index is 756. The van der Waals surface area contributed by atoms with E-state index in [-0.39, 0.29) is 11.8 Å². The summed E-state index contributed by atoms with van der Waals surface area (Å²) >= 11 is 0. The highest BCUT2D eigenvalue weighted by Gasteiger charge is 2.29. The van der Waals surface area contributed by atoms with Crippen molar-refractivity contribution in [2.45, 2.75) is 65.5 Å². The van der Waals surface area contributed by atoms with Crippen LogP contribution in [-0.4, -0.2) is 29.3 Å². The summed E-state index contributed by atoms with van der Waals surface area (Å²) in [6, 6.07) is 17.6. The molecule has 4 heteroatoms. The Balaban J connectivity index is 2.30. The second kappa shape index (κ2) is 12.1. The van der Waals surface area contributed by atoms with Crippen molar-refractivity contribution in [3.63, 3.8) is 0 Å². The zero-order chi connectivity index (χ0) is 21.1. The number of nitrogens with zero attached hydrogens (tertiary/aromatic N) is 1. The molecule has 4 nitrogen and oxygen atoms in total. The number of unbranched alkanes of at least 4 members (excludes halogenated alkanes) is 1. The van der Waals surface area contributed by atoms with Crippen LogP contribution in [0.2, 0.25) is 0 Å². The summed E-state index contributed by atoms with van der Waals surface area (Å²) in [6.07, 6.45) is 3.67. The van der Waals surface area contributed by atoms with Gasteiger partial charge in [0.05, 0.1) is 0 Å². The van der Waals surface area contributed by atoms with E-state index in [0.717, 1.165) is 30.4 Å².